The zero-order chi connectivity index (χ0) is 13.3. The van der Waals surface area contributed by atoms with Crippen molar-refractivity contribution in [3.63, 3.8) is 0 Å². The van der Waals surface area contributed by atoms with Crippen molar-refractivity contribution < 1.29 is 9.84 Å². The molecule has 3 nitrogen and oxygen atoms in total. The minimum atomic E-state index is 0.0604. The quantitative estimate of drug-likeness (QED) is 0.624. The van der Waals surface area contributed by atoms with Gasteiger partial charge in [-0.2, -0.15) is 0 Å². The number of hydrogen-bond acceptors (Lipinski definition) is 3. The standard InChI is InChI=1S/C15H31NO2/c1-3-15(4-2,13-17)12-16-10-11-18-14-8-6-5-7-9-14/h14,16-17H,3-13H2,1-2H3. The number of ether oxygens (including phenoxy) is 1. The van der Waals surface area contributed by atoms with Crippen LogP contribution in [0.1, 0.15) is 58.8 Å². The highest BCUT2D eigenvalue weighted by Crippen LogP contribution is 2.24. The van der Waals surface area contributed by atoms with Crippen molar-refractivity contribution >= 4 is 0 Å². The Hall–Kier alpha value is -0.120. The average Bonchev–Trinajstić information content (AvgIpc) is 2.45. The maximum atomic E-state index is 9.47. The summed E-state index contributed by atoms with van der Waals surface area (Å²) in [6.07, 6.45) is 9.07. The molecule has 0 aliphatic heterocycles. The Morgan fingerprint density at radius 1 is 1.17 bits per heavy atom. The predicted molar refractivity (Wildman–Crippen MR) is 75.8 cm³/mol. The van der Waals surface area contributed by atoms with Gasteiger partial charge in [-0.15, -0.1) is 0 Å². The van der Waals surface area contributed by atoms with Crippen LogP contribution in [0.3, 0.4) is 0 Å². The van der Waals surface area contributed by atoms with Gasteiger partial charge in [-0.3, -0.25) is 0 Å². The lowest BCUT2D eigenvalue weighted by molar-refractivity contribution is 0.0279. The molecule has 0 heterocycles. The Kier molecular flexibility index (Phi) is 7.87. The number of nitrogens with one attached hydrogen (secondary N) is 1. The van der Waals surface area contributed by atoms with Gasteiger partial charge in [-0.1, -0.05) is 33.1 Å². The molecule has 0 aromatic heterocycles. The van der Waals surface area contributed by atoms with Gasteiger partial charge < -0.3 is 15.2 Å². The van der Waals surface area contributed by atoms with E-state index in [9.17, 15) is 5.11 Å². The van der Waals surface area contributed by atoms with Crippen molar-refractivity contribution in [1.29, 1.82) is 0 Å². The summed E-state index contributed by atoms with van der Waals surface area (Å²) in [6, 6.07) is 0. The molecule has 0 saturated heterocycles. The van der Waals surface area contributed by atoms with E-state index in [-0.39, 0.29) is 12.0 Å². The fourth-order valence-corrected chi connectivity index (χ4v) is 2.66. The van der Waals surface area contributed by atoms with Gasteiger partial charge in [0.2, 0.25) is 0 Å². The van der Waals surface area contributed by atoms with Crippen LogP contribution in [0.5, 0.6) is 0 Å². The molecule has 0 bridgehead atoms. The molecule has 108 valence electrons. The smallest absolute Gasteiger partial charge is 0.0594 e. The summed E-state index contributed by atoms with van der Waals surface area (Å²) >= 11 is 0. The van der Waals surface area contributed by atoms with Gasteiger partial charge in [0.05, 0.1) is 12.7 Å². The van der Waals surface area contributed by atoms with Crippen molar-refractivity contribution in [1.82, 2.24) is 5.32 Å². The van der Waals surface area contributed by atoms with E-state index in [1.54, 1.807) is 0 Å². The summed E-state index contributed by atoms with van der Waals surface area (Å²) in [7, 11) is 0. The van der Waals surface area contributed by atoms with Gasteiger partial charge in [-0.25, -0.2) is 0 Å². The first-order valence-corrected chi connectivity index (χ1v) is 7.69. The molecule has 0 unspecified atom stereocenters. The molecule has 3 heteroatoms. The number of aliphatic hydroxyl groups is 1. The van der Waals surface area contributed by atoms with E-state index in [1.807, 2.05) is 0 Å². The highest BCUT2D eigenvalue weighted by molar-refractivity contribution is 4.78. The van der Waals surface area contributed by atoms with Gasteiger partial charge in [0, 0.05) is 25.1 Å². The van der Waals surface area contributed by atoms with E-state index >= 15 is 0 Å². The second-order valence-electron chi connectivity index (χ2n) is 5.67. The van der Waals surface area contributed by atoms with Crippen molar-refractivity contribution in [3.05, 3.63) is 0 Å². The first-order chi connectivity index (χ1) is 8.76. The fraction of sp³-hybridized carbons (Fsp3) is 1.00. The van der Waals surface area contributed by atoms with Crippen molar-refractivity contribution in [2.75, 3.05) is 26.3 Å². The number of hydrogen-bond donors (Lipinski definition) is 2. The largest absolute Gasteiger partial charge is 0.396 e. The summed E-state index contributed by atoms with van der Waals surface area (Å²) in [5.41, 5.74) is 0.0604. The van der Waals surface area contributed by atoms with E-state index in [1.165, 1.54) is 32.1 Å². The lowest BCUT2D eigenvalue weighted by atomic mass is 9.83. The first kappa shape index (κ1) is 15.9. The monoisotopic (exact) mass is 257 g/mol. The topological polar surface area (TPSA) is 41.5 Å². The molecule has 1 saturated carbocycles. The lowest BCUT2D eigenvalue weighted by Gasteiger charge is -2.30. The maximum absolute atomic E-state index is 9.47. The Balaban J connectivity index is 2.06. The van der Waals surface area contributed by atoms with E-state index in [0.29, 0.717) is 6.10 Å². The average molecular weight is 257 g/mol. The minimum Gasteiger partial charge on any atom is -0.396 e. The molecule has 0 aromatic rings. The zero-order valence-electron chi connectivity index (χ0n) is 12.2. The highest BCUT2D eigenvalue weighted by atomic mass is 16.5. The summed E-state index contributed by atoms with van der Waals surface area (Å²) in [4.78, 5) is 0. The molecule has 1 fully saturated rings. The highest BCUT2D eigenvalue weighted by Gasteiger charge is 2.24. The Morgan fingerprint density at radius 2 is 1.83 bits per heavy atom. The molecule has 2 N–H and O–H groups in total. The second-order valence-corrected chi connectivity index (χ2v) is 5.67. The third-order valence-electron chi connectivity index (χ3n) is 4.52. The van der Waals surface area contributed by atoms with Crippen LogP contribution in [-0.2, 0) is 4.74 Å². The normalized spacial score (nSPS) is 18.2. The Labute approximate surface area is 112 Å². The van der Waals surface area contributed by atoms with Crippen LogP contribution in [0.2, 0.25) is 0 Å². The zero-order valence-corrected chi connectivity index (χ0v) is 12.2. The van der Waals surface area contributed by atoms with Gasteiger partial charge in [-0.05, 0) is 25.7 Å². The van der Waals surface area contributed by atoms with Crippen LogP contribution in [0, 0.1) is 5.41 Å². The SMILES string of the molecule is CCC(CC)(CO)CNCCOC1CCCCC1. The van der Waals surface area contributed by atoms with Gasteiger partial charge in [0.1, 0.15) is 0 Å². The number of rotatable bonds is 9. The first-order valence-electron chi connectivity index (χ1n) is 7.69. The molecule has 1 aliphatic carbocycles. The summed E-state index contributed by atoms with van der Waals surface area (Å²) < 4.78 is 5.87. The van der Waals surface area contributed by atoms with E-state index in [0.717, 1.165) is 32.5 Å². The van der Waals surface area contributed by atoms with E-state index in [2.05, 4.69) is 19.2 Å². The van der Waals surface area contributed by atoms with E-state index < -0.39 is 0 Å². The lowest BCUT2D eigenvalue weighted by Crippen LogP contribution is -2.38. The van der Waals surface area contributed by atoms with E-state index in [4.69, 9.17) is 4.74 Å². The molecule has 0 aromatic carbocycles. The third-order valence-corrected chi connectivity index (χ3v) is 4.52. The van der Waals surface area contributed by atoms with Crippen LogP contribution < -0.4 is 5.32 Å². The fourth-order valence-electron chi connectivity index (χ4n) is 2.66. The Morgan fingerprint density at radius 3 is 2.39 bits per heavy atom. The molecular weight excluding hydrogens is 226 g/mol. The summed E-state index contributed by atoms with van der Waals surface area (Å²) in [5, 5.41) is 12.9. The van der Waals surface area contributed by atoms with Crippen molar-refractivity contribution in [2.45, 2.75) is 64.9 Å². The Bertz CT molecular complexity index is 190. The number of aliphatic hydroxyl groups excluding tert-OH is 1. The van der Waals surface area contributed by atoms with Gasteiger partial charge in [0.25, 0.3) is 0 Å². The van der Waals surface area contributed by atoms with Crippen LogP contribution in [0.25, 0.3) is 0 Å². The molecule has 18 heavy (non-hydrogen) atoms. The van der Waals surface area contributed by atoms with Gasteiger partial charge in [0.15, 0.2) is 0 Å². The summed E-state index contributed by atoms with van der Waals surface area (Å²) in [6.45, 7) is 7.18. The van der Waals surface area contributed by atoms with Crippen LogP contribution in [0.4, 0.5) is 0 Å². The maximum Gasteiger partial charge on any atom is 0.0594 e. The molecule has 1 aliphatic rings. The minimum absolute atomic E-state index is 0.0604. The second kappa shape index (κ2) is 8.89. The van der Waals surface area contributed by atoms with Crippen molar-refractivity contribution in [3.8, 4) is 0 Å². The molecule has 1 rings (SSSR count). The molecule has 0 atom stereocenters. The predicted octanol–water partition coefficient (Wildman–Crippen LogP) is 2.72. The third kappa shape index (κ3) is 5.25. The van der Waals surface area contributed by atoms with Crippen LogP contribution >= 0.6 is 0 Å². The van der Waals surface area contributed by atoms with Gasteiger partial charge >= 0.3 is 0 Å². The molecule has 0 radical (unpaired) electrons. The van der Waals surface area contributed by atoms with Crippen LogP contribution in [-0.4, -0.2) is 37.5 Å². The molecular formula is C15H31NO2. The summed E-state index contributed by atoms with van der Waals surface area (Å²) in [5.74, 6) is 0. The van der Waals surface area contributed by atoms with Crippen LogP contribution in [0.15, 0.2) is 0 Å². The molecule has 0 amide bonds. The molecule has 0 spiro atoms. The van der Waals surface area contributed by atoms with Crippen molar-refractivity contribution in [2.24, 2.45) is 5.41 Å².